The minimum atomic E-state index is -3.81. The Morgan fingerprint density at radius 3 is 2.59 bits per heavy atom. The van der Waals surface area contributed by atoms with Gasteiger partial charge in [-0.2, -0.15) is 13.4 Å². The summed E-state index contributed by atoms with van der Waals surface area (Å²) in [6.45, 7) is 2.26. The van der Waals surface area contributed by atoms with Crippen molar-refractivity contribution in [3.63, 3.8) is 0 Å². The van der Waals surface area contributed by atoms with Crippen molar-refractivity contribution in [2.75, 3.05) is 6.54 Å². The van der Waals surface area contributed by atoms with Gasteiger partial charge < -0.3 is 15.4 Å². The van der Waals surface area contributed by atoms with Crippen molar-refractivity contribution >= 4 is 30.4 Å². The fourth-order valence-electron chi connectivity index (χ4n) is 4.96. The summed E-state index contributed by atoms with van der Waals surface area (Å²) in [4.78, 5) is 50.0. The zero-order chi connectivity index (χ0) is 28.2. The molecular formula is C28H29F3N3O5+. The first kappa shape index (κ1) is 28.0. The molecule has 0 spiro atoms. The molecule has 4 rings (SSSR count). The predicted octanol–water partition coefficient (Wildman–Crippen LogP) is 3.50. The van der Waals surface area contributed by atoms with Gasteiger partial charge in [-0.15, -0.1) is 0 Å². The normalized spacial score (nSPS) is 22.9. The number of aldehydes is 1. The molecule has 2 heterocycles. The van der Waals surface area contributed by atoms with Crippen LogP contribution in [0.15, 0.2) is 54.6 Å². The van der Waals surface area contributed by atoms with E-state index in [2.05, 4.69) is 10.6 Å². The second-order valence-corrected chi connectivity index (χ2v) is 9.85. The number of nitrogens with one attached hydrogen (secondary N) is 2. The van der Waals surface area contributed by atoms with Gasteiger partial charge in [0, 0.05) is 30.4 Å². The van der Waals surface area contributed by atoms with Gasteiger partial charge in [0.25, 0.3) is 0 Å². The topological polar surface area (TPSA) is 105 Å². The molecule has 1 fully saturated rings. The van der Waals surface area contributed by atoms with Crippen LogP contribution < -0.4 is 10.6 Å². The fourth-order valence-corrected chi connectivity index (χ4v) is 4.96. The first-order valence-electron chi connectivity index (χ1n) is 12.7. The Labute approximate surface area is 223 Å². The molecule has 39 heavy (non-hydrogen) atoms. The maximum absolute atomic E-state index is 15.6. The molecule has 3 amide bonds. The first-order chi connectivity index (χ1) is 18.6. The number of rotatable bonds is 9. The lowest BCUT2D eigenvalue weighted by Crippen LogP contribution is -2.53. The van der Waals surface area contributed by atoms with E-state index in [0.717, 1.165) is 18.2 Å². The van der Waals surface area contributed by atoms with Crippen LogP contribution >= 0.6 is 0 Å². The van der Waals surface area contributed by atoms with E-state index >= 15 is 8.78 Å². The molecule has 11 heteroatoms. The quantitative estimate of drug-likeness (QED) is 0.372. The molecular weight excluding hydrogens is 515 g/mol. The number of halogens is 3. The number of amides is 3. The van der Waals surface area contributed by atoms with E-state index in [1.54, 1.807) is 19.2 Å². The van der Waals surface area contributed by atoms with Gasteiger partial charge in [0.2, 0.25) is 11.9 Å². The minimum absolute atomic E-state index is 0.0314. The molecule has 5 atom stereocenters. The van der Waals surface area contributed by atoms with Crippen molar-refractivity contribution in [2.24, 2.45) is 11.8 Å². The van der Waals surface area contributed by atoms with E-state index in [4.69, 9.17) is 4.74 Å². The second-order valence-electron chi connectivity index (χ2n) is 9.85. The van der Waals surface area contributed by atoms with Crippen molar-refractivity contribution in [1.29, 1.82) is 0 Å². The van der Waals surface area contributed by atoms with Gasteiger partial charge in [-0.3, -0.25) is 9.59 Å². The molecule has 0 radical (unpaired) electrons. The second kappa shape index (κ2) is 11.8. The highest BCUT2D eigenvalue weighted by atomic mass is 19.3. The highest BCUT2D eigenvalue weighted by molar-refractivity contribution is 5.86. The van der Waals surface area contributed by atoms with Gasteiger partial charge >= 0.3 is 17.9 Å². The molecule has 0 aromatic heterocycles. The maximum Gasteiger partial charge on any atom is 0.409 e. The summed E-state index contributed by atoms with van der Waals surface area (Å²) in [7, 11) is 0. The number of ether oxygens (including phenoxy) is 1. The van der Waals surface area contributed by atoms with Crippen LogP contribution in [-0.2, 0) is 25.0 Å². The monoisotopic (exact) mass is 544 g/mol. The molecule has 1 unspecified atom stereocenters. The lowest BCUT2D eigenvalue weighted by molar-refractivity contribution is -0.477. The summed E-state index contributed by atoms with van der Waals surface area (Å²) < 4.78 is 51.3. The molecule has 1 saturated heterocycles. The van der Waals surface area contributed by atoms with Gasteiger partial charge in [0.15, 0.2) is 24.6 Å². The average molecular weight is 545 g/mol. The number of hydrogen-bond donors (Lipinski definition) is 2. The molecule has 0 saturated carbocycles. The molecule has 0 aliphatic carbocycles. The van der Waals surface area contributed by atoms with Crippen molar-refractivity contribution in [3.8, 4) is 0 Å². The van der Waals surface area contributed by atoms with Crippen LogP contribution in [0.5, 0.6) is 0 Å². The van der Waals surface area contributed by atoms with Gasteiger partial charge in [-0.25, -0.2) is 14.0 Å². The summed E-state index contributed by atoms with van der Waals surface area (Å²) >= 11 is 0. The number of benzene rings is 2. The highest BCUT2D eigenvalue weighted by Crippen LogP contribution is 2.43. The van der Waals surface area contributed by atoms with Crippen LogP contribution in [0.1, 0.15) is 43.4 Å². The molecule has 206 valence electrons. The van der Waals surface area contributed by atoms with Crippen molar-refractivity contribution in [2.45, 2.75) is 50.3 Å². The molecule has 2 aliphatic rings. The lowest BCUT2D eigenvalue weighted by atomic mass is 9.94. The SMILES string of the molecule is CC1C=[N+]([C@H](C=O)C[C@@H]2CCNC2=O)C(=O)[C@@H](NC(=O)O[C@@H](c2ccccc2)C(F)(F)c2cccc(F)c2)C1. The number of alkyl carbamates (subject to hydrolysis) is 1. The fraction of sp³-hybridized carbons (Fsp3) is 0.393. The Balaban J connectivity index is 1.52. The van der Waals surface area contributed by atoms with Crippen molar-refractivity contribution < 1.29 is 41.7 Å². The number of hydrogen-bond acceptors (Lipinski definition) is 5. The molecule has 8 nitrogen and oxygen atoms in total. The molecule has 0 bridgehead atoms. The standard InChI is InChI=1S/C28H28F3N3O5/c1-17-12-23(26(37)34(15-17)22(16-35)13-19-10-11-32-25(19)36)33-27(38)39-24(18-6-3-2-4-7-18)28(30,31)20-8-5-9-21(29)14-20/h2-9,14-17,19,22-24H,10-13H2,1H3,(H-,32,33,36,38)/p+1/t17?,19-,22-,23-,24-/m0/s1. The van der Waals surface area contributed by atoms with E-state index < -0.39 is 53.4 Å². The third-order valence-corrected chi connectivity index (χ3v) is 6.94. The summed E-state index contributed by atoms with van der Waals surface area (Å²) in [5, 5.41) is 5.06. The van der Waals surface area contributed by atoms with E-state index in [1.807, 2.05) is 0 Å². The van der Waals surface area contributed by atoms with Crippen LogP contribution in [-0.4, -0.2) is 53.6 Å². The van der Waals surface area contributed by atoms with E-state index in [9.17, 15) is 23.6 Å². The molecule has 2 N–H and O–H groups in total. The first-order valence-corrected chi connectivity index (χ1v) is 12.7. The Hall–Kier alpha value is -4.02. The Bertz CT molecular complexity index is 1270. The number of carbonyl (C=O) groups is 4. The largest absolute Gasteiger partial charge is 0.434 e. The van der Waals surface area contributed by atoms with Crippen LogP contribution in [0.25, 0.3) is 0 Å². The summed E-state index contributed by atoms with van der Waals surface area (Å²) in [6.07, 6.45) is -0.433. The molecule has 2 aromatic carbocycles. The Morgan fingerprint density at radius 2 is 1.95 bits per heavy atom. The minimum Gasteiger partial charge on any atom is -0.434 e. The molecule has 2 aromatic rings. The van der Waals surface area contributed by atoms with E-state index in [0.29, 0.717) is 25.3 Å². The van der Waals surface area contributed by atoms with Gasteiger partial charge in [0.1, 0.15) is 5.82 Å². The third kappa shape index (κ3) is 6.35. The van der Waals surface area contributed by atoms with Crippen LogP contribution in [0.4, 0.5) is 18.0 Å². The zero-order valence-electron chi connectivity index (χ0n) is 21.2. The Morgan fingerprint density at radius 1 is 1.21 bits per heavy atom. The average Bonchev–Trinajstić information content (AvgIpc) is 3.32. The lowest BCUT2D eigenvalue weighted by Gasteiger charge is -2.29. The summed E-state index contributed by atoms with van der Waals surface area (Å²) in [5.41, 5.74) is -0.715. The van der Waals surface area contributed by atoms with Gasteiger partial charge in [-0.1, -0.05) is 49.4 Å². The number of alkyl halides is 2. The van der Waals surface area contributed by atoms with Crippen LogP contribution in [0.3, 0.4) is 0 Å². The third-order valence-electron chi connectivity index (χ3n) is 6.94. The van der Waals surface area contributed by atoms with Crippen LogP contribution in [0.2, 0.25) is 0 Å². The van der Waals surface area contributed by atoms with Gasteiger partial charge in [0.05, 0.1) is 0 Å². The summed E-state index contributed by atoms with van der Waals surface area (Å²) in [5.74, 6) is -6.17. The highest BCUT2D eigenvalue weighted by Gasteiger charge is 2.47. The Kier molecular flexibility index (Phi) is 8.47. The molecule has 2 aliphatic heterocycles. The summed E-state index contributed by atoms with van der Waals surface area (Å²) in [6, 6.07) is 9.07. The van der Waals surface area contributed by atoms with Crippen molar-refractivity contribution in [3.05, 3.63) is 71.5 Å². The number of carbonyl (C=O) groups excluding carboxylic acids is 4. The van der Waals surface area contributed by atoms with E-state index in [1.165, 1.54) is 28.8 Å². The smallest absolute Gasteiger partial charge is 0.409 e. The predicted molar refractivity (Wildman–Crippen MR) is 134 cm³/mol. The van der Waals surface area contributed by atoms with Gasteiger partial charge in [-0.05, 0) is 30.5 Å². The van der Waals surface area contributed by atoms with Crippen molar-refractivity contribution in [1.82, 2.24) is 10.6 Å². The zero-order valence-corrected chi connectivity index (χ0v) is 21.2. The van der Waals surface area contributed by atoms with E-state index in [-0.39, 0.29) is 30.2 Å². The number of nitrogens with zero attached hydrogens (tertiary/aromatic N) is 1. The van der Waals surface area contributed by atoms with Crippen LogP contribution in [0, 0.1) is 17.7 Å². The maximum atomic E-state index is 15.6.